The van der Waals surface area contributed by atoms with E-state index in [4.69, 9.17) is 4.74 Å². The summed E-state index contributed by atoms with van der Waals surface area (Å²) in [5.41, 5.74) is 0.627. The molecular formula is C13H20ClN3O3S. The molecule has 0 spiro atoms. The first kappa shape index (κ1) is 17.9. The number of hydrogen-bond donors (Lipinski definition) is 2. The molecular weight excluding hydrogens is 314 g/mol. The molecule has 1 aromatic heterocycles. The second-order valence-corrected chi connectivity index (χ2v) is 5.68. The first-order valence-electron chi connectivity index (χ1n) is 6.71. The van der Waals surface area contributed by atoms with Crippen LogP contribution in [0.2, 0.25) is 0 Å². The van der Waals surface area contributed by atoms with Gasteiger partial charge < -0.3 is 15.4 Å². The summed E-state index contributed by atoms with van der Waals surface area (Å²) < 4.78 is 4.86. The van der Waals surface area contributed by atoms with Gasteiger partial charge in [0.1, 0.15) is 0 Å². The van der Waals surface area contributed by atoms with E-state index in [9.17, 15) is 9.59 Å². The quantitative estimate of drug-likeness (QED) is 0.770. The smallest absolute Gasteiger partial charge is 0.311 e. The number of anilines is 1. The van der Waals surface area contributed by atoms with E-state index in [0.717, 1.165) is 13.1 Å². The van der Waals surface area contributed by atoms with Crippen molar-refractivity contribution in [3.63, 3.8) is 0 Å². The van der Waals surface area contributed by atoms with Crippen molar-refractivity contribution < 1.29 is 14.3 Å². The van der Waals surface area contributed by atoms with Crippen molar-refractivity contribution in [3.8, 4) is 0 Å². The van der Waals surface area contributed by atoms with Gasteiger partial charge in [-0.15, -0.1) is 23.7 Å². The summed E-state index contributed by atoms with van der Waals surface area (Å²) in [7, 11) is 0. The molecule has 1 atom stereocenters. The molecule has 2 heterocycles. The third kappa shape index (κ3) is 4.94. The molecule has 1 aliphatic heterocycles. The van der Waals surface area contributed by atoms with Crippen LogP contribution in [0.15, 0.2) is 5.38 Å². The Morgan fingerprint density at radius 2 is 2.29 bits per heavy atom. The first-order chi connectivity index (χ1) is 9.60. The summed E-state index contributed by atoms with van der Waals surface area (Å²) in [6, 6.07) is 0. The number of esters is 1. The number of carbonyl (C=O) groups is 2. The zero-order chi connectivity index (χ0) is 14.5. The van der Waals surface area contributed by atoms with Crippen LogP contribution in [-0.2, 0) is 20.7 Å². The van der Waals surface area contributed by atoms with Gasteiger partial charge in [0.05, 0.1) is 18.7 Å². The summed E-state index contributed by atoms with van der Waals surface area (Å²) in [6.45, 7) is 5.83. The van der Waals surface area contributed by atoms with E-state index in [1.54, 1.807) is 12.3 Å². The monoisotopic (exact) mass is 333 g/mol. The van der Waals surface area contributed by atoms with Crippen LogP contribution in [0.3, 0.4) is 0 Å². The minimum absolute atomic E-state index is 0. The molecule has 0 radical (unpaired) electrons. The zero-order valence-electron chi connectivity index (χ0n) is 12.0. The third-order valence-electron chi connectivity index (χ3n) is 3.35. The van der Waals surface area contributed by atoms with Crippen molar-refractivity contribution in [2.75, 3.05) is 25.0 Å². The second kappa shape index (κ2) is 8.31. The molecule has 8 heteroatoms. The number of carbonyl (C=O) groups excluding carboxylic acids is 2. The van der Waals surface area contributed by atoms with Gasteiger partial charge >= 0.3 is 5.97 Å². The Morgan fingerprint density at radius 1 is 1.57 bits per heavy atom. The maximum atomic E-state index is 12.0. The molecule has 21 heavy (non-hydrogen) atoms. The number of thiazole rings is 1. The number of hydrogen-bond acceptors (Lipinski definition) is 6. The maximum absolute atomic E-state index is 12.0. The van der Waals surface area contributed by atoms with Gasteiger partial charge in [0.15, 0.2) is 5.13 Å². The Bertz CT molecular complexity index is 491. The van der Waals surface area contributed by atoms with Crippen molar-refractivity contribution in [2.45, 2.75) is 20.3 Å². The molecule has 1 aromatic rings. The maximum Gasteiger partial charge on any atom is 0.311 e. The summed E-state index contributed by atoms with van der Waals surface area (Å²) in [4.78, 5) is 27.6. The molecule has 2 N–H and O–H groups in total. The molecule has 0 saturated carbocycles. The van der Waals surface area contributed by atoms with Crippen molar-refractivity contribution in [1.82, 2.24) is 10.3 Å². The highest BCUT2D eigenvalue weighted by Crippen LogP contribution is 2.21. The summed E-state index contributed by atoms with van der Waals surface area (Å²) >= 11 is 1.33. The van der Waals surface area contributed by atoms with Crippen molar-refractivity contribution in [2.24, 2.45) is 11.8 Å². The molecule has 6 nitrogen and oxygen atoms in total. The highest BCUT2D eigenvalue weighted by atomic mass is 35.5. The Morgan fingerprint density at radius 3 is 2.86 bits per heavy atom. The number of nitrogens with one attached hydrogen (secondary N) is 2. The molecule has 1 fully saturated rings. The lowest BCUT2D eigenvalue weighted by Crippen LogP contribution is -2.48. The fourth-order valence-electron chi connectivity index (χ4n) is 1.90. The van der Waals surface area contributed by atoms with Crippen LogP contribution in [0.5, 0.6) is 0 Å². The van der Waals surface area contributed by atoms with Gasteiger partial charge in [-0.2, -0.15) is 0 Å². The number of nitrogens with zero attached hydrogens (tertiary/aromatic N) is 1. The molecule has 1 amide bonds. The van der Waals surface area contributed by atoms with E-state index in [2.05, 4.69) is 15.6 Å². The molecule has 1 unspecified atom stereocenters. The fourth-order valence-corrected chi connectivity index (χ4v) is 2.62. The number of aromatic nitrogens is 1. The summed E-state index contributed by atoms with van der Waals surface area (Å²) in [5, 5.41) is 8.26. The molecule has 0 aromatic carbocycles. The van der Waals surface area contributed by atoms with E-state index in [1.807, 2.05) is 6.92 Å². The van der Waals surface area contributed by atoms with E-state index in [0.29, 0.717) is 23.4 Å². The average molecular weight is 334 g/mol. The molecule has 1 aliphatic rings. The first-order valence-corrected chi connectivity index (χ1v) is 7.59. The Hall–Kier alpha value is -1.18. The number of amides is 1. The highest BCUT2D eigenvalue weighted by Gasteiger charge is 2.29. The Balaban J connectivity index is 0.00000220. The van der Waals surface area contributed by atoms with E-state index in [1.165, 1.54) is 11.3 Å². The lowest BCUT2D eigenvalue weighted by atomic mass is 9.88. The van der Waals surface area contributed by atoms with Crippen molar-refractivity contribution in [1.29, 1.82) is 0 Å². The van der Waals surface area contributed by atoms with Gasteiger partial charge in [-0.05, 0) is 25.9 Å². The summed E-state index contributed by atoms with van der Waals surface area (Å²) in [6.07, 6.45) is 0.141. The Kier molecular flexibility index (Phi) is 7.07. The molecule has 2 rings (SSSR count). The molecule has 0 aliphatic carbocycles. The van der Waals surface area contributed by atoms with Crippen molar-refractivity contribution >= 4 is 40.8 Å². The van der Waals surface area contributed by atoms with E-state index >= 15 is 0 Å². The fraction of sp³-hybridized carbons (Fsp3) is 0.615. The highest BCUT2D eigenvalue weighted by molar-refractivity contribution is 7.13. The zero-order valence-corrected chi connectivity index (χ0v) is 13.7. The van der Waals surface area contributed by atoms with Crippen LogP contribution < -0.4 is 10.6 Å². The van der Waals surface area contributed by atoms with Gasteiger partial charge in [-0.1, -0.05) is 6.92 Å². The van der Waals surface area contributed by atoms with Gasteiger partial charge in [-0.25, -0.2) is 4.98 Å². The normalized spacial score (nSPS) is 15.5. The van der Waals surface area contributed by atoms with Crippen LogP contribution >= 0.6 is 23.7 Å². The van der Waals surface area contributed by atoms with E-state index in [-0.39, 0.29) is 36.6 Å². The number of ether oxygens (including phenoxy) is 1. The largest absolute Gasteiger partial charge is 0.466 e. The Labute approximate surface area is 134 Å². The number of rotatable bonds is 6. The third-order valence-corrected chi connectivity index (χ3v) is 4.15. The van der Waals surface area contributed by atoms with Gasteiger partial charge in [0, 0.05) is 11.3 Å². The number of halogens is 1. The predicted octanol–water partition coefficient (Wildman–Crippen LogP) is 1.46. The molecule has 0 bridgehead atoms. The lowest BCUT2D eigenvalue weighted by molar-refractivity contribution is -0.142. The minimum atomic E-state index is -0.301. The van der Waals surface area contributed by atoms with Crippen LogP contribution in [0.25, 0.3) is 0 Å². The minimum Gasteiger partial charge on any atom is -0.466 e. The topological polar surface area (TPSA) is 80.3 Å². The second-order valence-electron chi connectivity index (χ2n) is 4.82. The van der Waals surface area contributed by atoms with Gasteiger partial charge in [-0.3, -0.25) is 9.59 Å². The SMILES string of the molecule is CCOC(=O)Cc1csc(NC(=O)C(C)C2CNC2)n1.Cl. The molecule has 118 valence electrons. The van der Waals surface area contributed by atoms with Crippen LogP contribution in [0.1, 0.15) is 19.5 Å². The van der Waals surface area contributed by atoms with Gasteiger partial charge in [0.2, 0.25) is 5.91 Å². The van der Waals surface area contributed by atoms with E-state index < -0.39 is 0 Å². The lowest BCUT2D eigenvalue weighted by Gasteiger charge is -2.31. The van der Waals surface area contributed by atoms with Crippen molar-refractivity contribution in [3.05, 3.63) is 11.1 Å². The van der Waals surface area contributed by atoms with Crippen LogP contribution in [0, 0.1) is 11.8 Å². The average Bonchev–Trinajstić information content (AvgIpc) is 2.74. The van der Waals surface area contributed by atoms with Gasteiger partial charge in [0.25, 0.3) is 0 Å². The molecule has 1 saturated heterocycles. The van der Waals surface area contributed by atoms with Crippen LogP contribution in [-0.4, -0.2) is 36.6 Å². The van der Waals surface area contributed by atoms with Crippen LogP contribution in [0.4, 0.5) is 5.13 Å². The predicted molar refractivity (Wildman–Crippen MR) is 83.9 cm³/mol. The summed E-state index contributed by atoms with van der Waals surface area (Å²) in [5.74, 6) is 0.0424. The standard InChI is InChI=1S/C13H19N3O3S.ClH/c1-3-19-11(17)4-10-7-20-13(15-10)16-12(18)8(2)9-5-14-6-9;/h7-9,14H,3-6H2,1-2H3,(H,15,16,18);1H.